The van der Waals surface area contributed by atoms with Gasteiger partial charge >= 0.3 is 6.18 Å². The van der Waals surface area contributed by atoms with E-state index < -0.39 is 33.6 Å². The maximum Gasteiger partial charge on any atom is 0.416 e. The molecule has 11 heteroatoms. The molecule has 1 aliphatic heterocycles. The Labute approximate surface area is 182 Å². The standard InChI is InChI=1S/C21H20F4N4O2S/c1-28-12-20(26-13-28)32(30,31)29-10-18(14-2-6-16(22)7-3-14)19(11-29)27-17-8-4-15(5-9-17)21(23,24)25/h2-9,12-13,18-19,27H,10-11H2,1H3. The molecule has 2 unspecified atom stereocenters. The van der Waals surface area contributed by atoms with Gasteiger partial charge in [-0.2, -0.15) is 17.5 Å². The lowest BCUT2D eigenvalue weighted by Gasteiger charge is -2.21. The number of sulfonamides is 1. The van der Waals surface area contributed by atoms with E-state index in [9.17, 15) is 26.0 Å². The van der Waals surface area contributed by atoms with E-state index in [0.717, 1.165) is 17.7 Å². The minimum atomic E-state index is -4.45. The third kappa shape index (κ3) is 4.49. The number of aromatic nitrogens is 2. The molecule has 1 aliphatic rings. The molecule has 0 aliphatic carbocycles. The summed E-state index contributed by atoms with van der Waals surface area (Å²) in [6.45, 7) is 0.185. The number of benzene rings is 2. The van der Waals surface area contributed by atoms with E-state index >= 15 is 0 Å². The van der Waals surface area contributed by atoms with Crippen molar-refractivity contribution >= 4 is 15.7 Å². The Bertz CT molecular complexity index is 1190. The lowest BCUT2D eigenvalue weighted by atomic mass is 9.94. The van der Waals surface area contributed by atoms with E-state index in [2.05, 4.69) is 10.3 Å². The van der Waals surface area contributed by atoms with Crippen molar-refractivity contribution in [3.05, 3.63) is 78.0 Å². The number of aryl methyl sites for hydroxylation is 1. The SMILES string of the molecule is Cn1cnc(S(=O)(=O)N2CC(Nc3ccc(C(F)(F)F)cc3)C(c3ccc(F)cc3)C2)c1. The number of imidazole rings is 1. The highest BCUT2D eigenvalue weighted by atomic mass is 32.2. The molecular weight excluding hydrogens is 448 g/mol. The van der Waals surface area contributed by atoms with Crippen molar-refractivity contribution in [2.75, 3.05) is 18.4 Å². The molecule has 0 spiro atoms. The summed E-state index contributed by atoms with van der Waals surface area (Å²) >= 11 is 0. The first-order chi connectivity index (χ1) is 15.0. The Balaban J connectivity index is 1.62. The third-order valence-electron chi connectivity index (χ3n) is 5.43. The number of nitrogens with one attached hydrogen (secondary N) is 1. The number of hydrogen-bond donors (Lipinski definition) is 1. The fraction of sp³-hybridized carbons (Fsp3) is 0.286. The average molecular weight is 468 g/mol. The van der Waals surface area contributed by atoms with Crippen molar-refractivity contribution in [2.24, 2.45) is 7.05 Å². The van der Waals surface area contributed by atoms with Crippen LogP contribution in [-0.2, 0) is 23.2 Å². The van der Waals surface area contributed by atoms with Gasteiger partial charge in [-0.3, -0.25) is 0 Å². The zero-order valence-corrected chi connectivity index (χ0v) is 17.7. The molecule has 0 radical (unpaired) electrons. The maximum atomic E-state index is 13.4. The molecule has 170 valence electrons. The minimum Gasteiger partial charge on any atom is -0.380 e. The predicted octanol–water partition coefficient (Wildman–Crippen LogP) is 3.85. The van der Waals surface area contributed by atoms with E-state index in [-0.39, 0.29) is 24.0 Å². The summed E-state index contributed by atoms with van der Waals surface area (Å²) in [7, 11) is -2.22. The second kappa shape index (κ2) is 8.21. The van der Waals surface area contributed by atoms with Gasteiger partial charge in [0.05, 0.1) is 11.9 Å². The van der Waals surface area contributed by atoms with Gasteiger partial charge in [0.15, 0.2) is 5.03 Å². The molecule has 1 fully saturated rings. The number of anilines is 1. The Hall–Kier alpha value is -2.92. The Kier molecular flexibility index (Phi) is 5.72. The van der Waals surface area contributed by atoms with Gasteiger partial charge in [0, 0.05) is 44.0 Å². The molecule has 0 bridgehead atoms. The fourth-order valence-electron chi connectivity index (χ4n) is 3.78. The second-order valence-electron chi connectivity index (χ2n) is 7.68. The van der Waals surface area contributed by atoms with Crippen LogP contribution < -0.4 is 5.32 Å². The van der Waals surface area contributed by atoms with Gasteiger partial charge in [-0.1, -0.05) is 12.1 Å². The van der Waals surface area contributed by atoms with Crippen molar-refractivity contribution in [1.82, 2.24) is 13.9 Å². The van der Waals surface area contributed by atoms with Gasteiger partial charge in [-0.05, 0) is 42.0 Å². The molecule has 32 heavy (non-hydrogen) atoms. The first-order valence-corrected chi connectivity index (χ1v) is 11.2. The smallest absolute Gasteiger partial charge is 0.380 e. The van der Waals surface area contributed by atoms with Gasteiger partial charge in [-0.25, -0.2) is 17.8 Å². The van der Waals surface area contributed by atoms with Crippen molar-refractivity contribution in [3.8, 4) is 0 Å². The highest BCUT2D eigenvalue weighted by Gasteiger charge is 2.41. The normalized spacial score (nSPS) is 19.9. The molecule has 1 saturated heterocycles. The summed E-state index contributed by atoms with van der Waals surface area (Å²) in [5, 5.41) is 3.06. The minimum absolute atomic E-state index is 0.0714. The van der Waals surface area contributed by atoms with Gasteiger partial charge in [0.1, 0.15) is 5.82 Å². The van der Waals surface area contributed by atoms with Crippen LogP contribution in [0.4, 0.5) is 23.2 Å². The first-order valence-electron chi connectivity index (χ1n) is 9.71. The summed E-state index contributed by atoms with van der Waals surface area (Å²) in [5.41, 5.74) is 0.366. The van der Waals surface area contributed by atoms with E-state index in [0.29, 0.717) is 5.69 Å². The predicted molar refractivity (Wildman–Crippen MR) is 110 cm³/mol. The highest BCUT2D eigenvalue weighted by molar-refractivity contribution is 7.89. The second-order valence-corrected chi connectivity index (χ2v) is 9.57. The molecule has 2 aromatic carbocycles. The van der Waals surface area contributed by atoms with Crippen LogP contribution in [0.1, 0.15) is 17.0 Å². The van der Waals surface area contributed by atoms with Crippen LogP contribution >= 0.6 is 0 Å². The maximum absolute atomic E-state index is 13.4. The number of rotatable bonds is 5. The lowest BCUT2D eigenvalue weighted by Crippen LogP contribution is -2.32. The fourth-order valence-corrected chi connectivity index (χ4v) is 5.24. The largest absolute Gasteiger partial charge is 0.416 e. The van der Waals surface area contributed by atoms with Gasteiger partial charge in [0.25, 0.3) is 10.0 Å². The van der Waals surface area contributed by atoms with Crippen LogP contribution in [0.3, 0.4) is 0 Å². The number of alkyl halides is 3. The molecule has 4 rings (SSSR count). The molecule has 2 heterocycles. The third-order valence-corrected chi connectivity index (χ3v) is 7.15. The lowest BCUT2D eigenvalue weighted by molar-refractivity contribution is -0.137. The summed E-state index contributed by atoms with van der Waals surface area (Å²) in [5.74, 6) is -0.770. The van der Waals surface area contributed by atoms with E-state index in [1.165, 1.54) is 45.7 Å². The number of hydrogen-bond acceptors (Lipinski definition) is 4. The van der Waals surface area contributed by atoms with Gasteiger partial charge in [-0.15, -0.1) is 0 Å². The molecule has 0 saturated carbocycles. The number of halogens is 4. The van der Waals surface area contributed by atoms with Crippen LogP contribution in [0.15, 0.2) is 66.1 Å². The van der Waals surface area contributed by atoms with Gasteiger partial charge < -0.3 is 9.88 Å². The Morgan fingerprint density at radius 3 is 2.25 bits per heavy atom. The summed E-state index contributed by atoms with van der Waals surface area (Å²) in [6, 6.07) is 9.84. The molecule has 2 atom stereocenters. The van der Waals surface area contributed by atoms with Crippen LogP contribution in [0.25, 0.3) is 0 Å². The van der Waals surface area contributed by atoms with Crippen LogP contribution in [0, 0.1) is 5.82 Å². The van der Waals surface area contributed by atoms with Crippen molar-refractivity contribution < 1.29 is 26.0 Å². The molecule has 0 amide bonds. The van der Waals surface area contributed by atoms with Gasteiger partial charge in [0.2, 0.25) is 0 Å². The topological polar surface area (TPSA) is 67.2 Å². The Morgan fingerprint density at radius 1 is 1.03 bits per heavy atom. The monoisotopic (exact) mass is 468 g/mol. The molecular formula is C21H20F4N4O2S. The molecule has 6 nitrogen and oxygen atoms in total. The molecule has 1 N–H and O–H groups in total. The van der Waals surface area contributed by atoms with Crippen LogP contribution in [-0.4, -0.2) is 41.4 Å². The molecule has 1 aromatic heterocycles. The summed E-state index contributed by atoms with van der Waals surface area (Å²) in [6.07, 6.45) is -1.66. The Morgan fingerprint density at radius 2 is 1.69 bits per heavy atom. The average Bonchev–Trinajstić information content (AvgIpc) is 3.36. The molecule has 3 aromatic rings. The van der Waals surface area contributed by atoms with Crippen LogP contribution in [0.2, 0.25) is 0 Å². The quantitative estimate of drug-likeness (QED) is 0.578. The van der Waals surface area contributed by atoms with Crippen molar-refractivity contribution in [1.29, 1.82) is 0 Å². The summed E-state index contributed by atoms with van der Waals surface area (Å²) in [4.78, 5) is 3.94. The zero-order valence-electron chi connectivity index (χ0n) is 16.9. The summed E-state index contributed by atoms with van der Waals surface area (Å²) < 4.78 is 80.9. The number of nitrogens with zero attached hydrogens (tertiary/aromatic N) is 3. The van der Waals surface area contributed by atoms with E-state index in [4.69, 9.17) is 0 Å². The van der Waals surface area contributed by atoms with Crippen LogP contribution in [0.5, 0.6) is 0 Å². The van der Waals surface area contributed by atoms with Crippen molar-refractivity contribution in [2.45, 2.75) is 23.2 Å². The van der Waals surface area contributed by atoms with Crippen molar-refractivity contribution in [3.63, 3.8) is 0 Å². The zero-order chi connectivity index (χ0) is 23.1. The van der Waals surface area contributed by atoms with E-state index in [1.54, 1.807) is 19.2 Å². The first kappa shape index (κ1) is 22.3. The highest BCUT2D eigenvalue weighted by Crippen LogP contribution is 2.34. The van der Waals surface area contributed by atoms with E-state index in [1.807, 2.05) is 0 Å².